The van der Waals surface area contributed by atoms with Crippen LogP contribution in [0, 0.1) is 0 Å². The predicted octanol–water partition coefficient (Wildman–Crippen LogP) is 1.77. The minimum atomic E-state index is -0.258. The number of fused-ring (bicyclic) bond motifs is 1. The van der Waals surface area contributed by atoms with Gasteiger partial charge in [-0.05, 0) is 18.9 Å². The average Bonchev–Trinajstić information content (AvgIpc) is 2.95. The number of methoxy groups -OCH3 is 1. The number of benzene rings is 1. The number of carbonyl (C=O) groups excluding carboxylic acids is 1. The molecule has 1 fully saturated rings. The summed E-state index contributed by atoms with van der Waals surface area (Å²) in [6.07, 6.45) is 3.54. The van der Waals surface area contributed by atoms with Crippen LogP contribution < -0.4 is 4.90 Å². The molecule has 1 saturated heterocycles. The van der Waals surface area contributed by atoms with Crippen LogP contribution in [-0.4, -0.2) is 35.6 Å². The average molecular weight is 257 g/mol. The van der Waals surface area contributed by atoms with Gasteiger partial charge in [0.15, 0.2) is 0 Å². The van der Waals surface area contributed by atoms with E-state index in [1.807, 2.05) is 29.2 Å². The lowest BCUT2D eigenvalue weighted by Crippen LogP contribution is -2.37. The molecule has 1 atom stereocenters. The molecule has 0 bridgehead atoms. The molecule has 2 heterocycles. The minimum absolute atomic E-state index is 0.214. The second-order valence-electron chi connectivity index (χ2n) is 4.60. The van der Waals surface area contributed by atoms with Crippen molar-refractivity contribution in [2.24, 2.45) is 0 Å². The molecule has 98 valence electrons. The van der Waals surface area contributed by atoms with E-state index in [4.69, 9.17) is 4.74 Å². The molecule has 0 radical (unpaired) electrons. The van der Waals surface area contributed by atoms with E-state index in [9.17, 15) is 4.79 Å². The van der Waals surface area contributed by atoms with Crippen LogP contribution in [0.5, 0.6) is 0 Å². The zero-order valence-electron chi connectivity index (χ0n) is 10.7. The van der Waals surface area contributed by atoms with Crippen molar-refractivity contribution in [1.82, 2.24) is 9.97 Å². The molecule has 0 saturated carbocycles. The monoisotopic (exact) mass is 257 g/mol. The predicted molar refractivity (Wildman–Crippen MR) is 71.9 cm³/mol. The maximum atomic E-state index is 11.7. The number of hydrogen-bond acceptors (Lipinski definition) is 5. The van der Waals surface area contributed by atoms with Gasteiger partial charge in [-0.3, -0.25) is 0 Å². The summed E-state index contributed by atoms with van der Waals surface area (Å²) >= 11 is 0. The summed E-state index contributed by atoms with van der Waals surface area (Å²) in [6, 6.07) is 7.57. The van der Waals surface area contributed by atoms with E-state index >= 15 is 0 Å². The molecule has 0 amide bonds. The molecule has 3 rings (SSSR count). The van der Waals surface area contributed by atoms with Gasteiger partial charge in [0.25, 0.3) is 0 Å². The van der Waals surface area contributed by atoms with E-state index < -0.39 is 0 Å². The summed E-state index contributed by atoms with van der Waals surface area (Å²) < 4.78 is 4.84. The van der Waals surface area contributed by atoms with Crippen LogP contribution in [-0.2, 0) is 9.53 Å². The van der Waals surface area contributed by atoms with E-state index in [1.54, 1.807) is 6.20 Å². The Hall–Kier alpha value is -2.17. The Morgan fingerprint density at radius 2 is 2.26 bits per heavy atom. The quantitative estimate of drug-likeness (QED) is 0.767. The van der Waals surface area contributed by atoms with E-state index in [1.165, 1.54) is 7.11 Å². The van der Waals surface area contributed by atoms with Gasteiger partial charge >= 0.3 is 5.97 Å². The molecular formula is C14H15N3O2. The molecule has 1 aromatic carbocycles. The molecule has 1 aromatic heterocycles. The zero-order chi connectivity index (χ0) is 13.2. The number of nitrogens with zero attached hydrogens (tertiary/aromatic N) is 3. The fourth-order valence-electron chi connectivity index (χ4n) is 2.49. The lowest BCUT2D eigenvalue weighted by atomic mass is 10.2. The number of hydrogen-bond donors (Lipinski definition) is 0. The van der Waals surface area contributed by atoms with Crippen LogP contribution in [0.4, 0.5) is 5.95 Å². The third-order valence-electron chi connectivity index (χ3n) is 3.46. The lowest BCUT2D eigenvalue weighted by molar-refractivity contribution is -0.141. The highest BCUT2D eigenvalue weighted by atomic mass is 16.5. The molecule has 1 aliphatic rings. The van der Waals surface area contributed by atoms with Crippen LogP contribution in [0.3, 0.4) is 0 Å². The van der Waals surface area contributed by atoms with Crippen molar-refractivity contribution in [3.8, 4) is 0 Å². The number of esters is 1. The van der Waals surface area contributed by atoms with Crippen LogP contribution in [0.15, 0.2) is 30.5 Å². The Bertz CT molecular complexity index is 614. The van der Waals surface area contributed by atoms with Gasteiger partial charge in [-0.15, -0.1) is 0 Å². The summed E-state index contributed by atoms with van der Waals surface area (Å²) in [6.45, 7) is 0.790. The molecule has 5 heteroatoms. The molecule has 0 spiro atoms. The van der Waals surface area contributed by atoms with Gasteiger partial charge < -0.3 is 9.64 Å². The van der Waals surface area contributed by atoms with Crippen LogP contribution in [0.25, 0.3) is 10.9 Å². The second-order valence-corrected chi connectivity index (χ2v) is 4.60. The van der Waals surface area contributed by atoms with Crippen LogP contribution in [0.2, 0.25) is 0 Å². The highest BCUT2D eigenvalue weighted by Gasteiger charge is 2.33. The SMILES string of the molecule is COC(=O)C1CCCN1c1ncc2ccccc2n1. The topological polar surface area (TPSA) is 55.3 Å². The molecule has 2 aromatic rings. The summed E-state index contributed by atoms with van der Waals surface area (Å²) in [5.41, 5.74) is 0.892. The number of aromatic nitrogens is 2. The molecule has 0 N–H and O–H groups in total. The Morgan fingerprint density at radius 3 is 3.11 bits per heavy atom. The van der Waals surface area contributed by atoms with Gasteiger partial charge in [-0.1, -0.05) is 18.2 Å². The summed E-state index contributed by atoms with van der Waals surface area (Å²) in [5, 5.41) is 1.00. The van der Waals surface area contributed by atoms with Crippen LogP contribution in [0.1, 0.15) is 12.8 Å². The Kier molecular flexibility index (Phi) is 3.03. The third kappa shape index (κ3) is 2.12. The van der Waals surface area contributed by atoms with Gasteiger partial charge in [0.1, 0.15) is 6.04 Å². The molecule has 0 aliphatic carbocycles. The molecule has 1 unspecified atom stereocenters. The van der Waals surface area contributed by atoms with Gasteiger partial charge in [0, 0.05) is 18.1 Å². The van der Waals surface area contributed by atoms with Gasteiger partial charge in [-0.2, -0.15) is 0 Å². The summed E-state index contributed by atoms with van der Waals surface area (Å²) in [7, 11) is 1.42. The van der Waals surface area contributed by atoms with Crippen molar-refractivity contribution in [3.05, 3.63) is 30.5 Å². The second kappa shape index (κ2) is 4.84. The first kappa shape index (κ1) is 11.9. The first-order valence-corrected chi connectivity index (χ1v) is 6.36. The maximum absolute atomic E-state index is 11.7. The van der Waals surface area contributed by atoms with Gasteiger partial charge in [0.2, 0.25) is 5.95 Å². The zero-order valence-corrected chi connectivity index (χ0v) is 10.7. The van der Waals surface area contributed by atoms with Gasteiger partial charge in [-0.25, -0.2) is 14.8 Å². The highest BCUT2D eigenvalue weighted by molar-refractivity contribution is 5.82. The number of para-hydroxylation sites is 1. The molecular weight excluding hydrogens is 242 g/mol. The Labute approximate surface area is 111 Å². The molecule has 1 aliphatic heterocycles. The van der Waals surface area contributed by atoms with E-state index in [-0.39, 0.29) is 12.0 Å². The fourth-order valence-corrected chi connectivity index (χ4v) is 2.49. The van der Waals surface area contributed by atoms with Crippen LogP contribution >= 0.6 is 0 Å². The number of rotatable bonds is 2. The summed E-state index contributed by atoms with van der Waals surface area (Å²) in [4.78, 5) is 22.6. The van der Waals surface area contributed by atoms with Gasteiger partial charge in [0.05, 0.1) is 12.6 Å². The van der Waals surface area contributed by atoms with E-state index in [0.717, 1.165) is 30.3 Å². The maximum Gasteiger partial charge on any atom is 0.328 e. The number of ether oxygens (including phenoxy) is 1. The fraction of sp³-hybridized carbons (Fsp3) is 0.357. The first-order valence-electron chi connectivity index (χ1n) is 6.36. The first-order chi connectivity index (χ1) is 9.29. The lowest BCUT2D eigenvalue weighted by Gasteiger charge is -2.22. The highest BCUT2D eigenvalue weighted by Crippen LogP contribution is 2.24. The van der Waals surface area contributed by atoms with Crippen molar-refractivity contribution in [1.29, 1.82) is 0 Å². The smallest absolute Gasteiger partial charge is 0.328 e. The minimum Gasteiger partial charge on any atom is -0.467 e. The third-order valence-corrected chi connectivity index (χ3v) is 3.46. The van der Waals surface area contributed by atoms with E-state index in [0.29, 0.717) is 5.95 Å². The van der Waals surface area contributed by atoms with E-state index in [2.05, 4.69) is 9.97 Å². The number of anilines is 1. The normalized spacial score (nSPS) is 18.8. The standard InChI is InChI=1S/C14H15N3O2/c1-19-13(18)12-7-4-8-17(12)14-15-9-10-5-2-3-6-11(10)16-14/h2-3,5-6,9,12H,4,7-8H2,1H3. The molecule has 5 nitrogen and oxygen atoms in total. The largest absolute Gasteiger partial charge is 0.467 e. The van der Waals surface area contributed by atoms with Crippen molar-refractivity contribution in [2.75, 3.05) is 18.6 Å². The summed E-state index contributed by atoms with van der Waals surface area (Å²) in [5.74, 6) is 0.390. The molecule has 19 heavy (non-hydrogen) atoms. The Morgan fingerprint density at radius 1 is 1.42 bits per heavy atom. The number of carbonyl (C=O) groups is 1. The van der Waals surface area contributed by atoms with Crippen molar-refractivity contribution in [2.45, 2.75) is 18.9 Å². The Balaban J connectivity index is 1.96. The van der Waals surface area contributed by atoms with Crippen molar-refractivity contribution >= 4 is 22.8 Å². The van der Waals surface area contributed by atoms with Crippen molar-refractivity contribution < 1.29 is 9.53 Å². The van der Waals surface area contributed by atoms with Crippen molar-refractivity contribution in [3.63, 3.8) is 0 Å².